The third-order valence-electron chi connectivity index (χ3n) is 3.33. The van der Waals surface area contributed by atoms with Gasteiger partial charge in [0.25, 0.3) is 0 Å². The molecule has 0 aliphatic rings. The molecule has 3 N–H and O–H groups in total. The summed E-state index contributed by atoms with van der Waals surface area (Å²) >= 11 is 0. The first-order chi connectivity index (χ1) is 11.1. The molecule has 0 aliphatic heterocycles. The van der Waals surface area contributed by atoms with E-state index in [1.54, 1.807) is 24.2 Å². The molecule has 0 saturated heterocycles. The van der Waals surface area contributed by atoms with Gasteiger partial charge in [-0.1, -0.05) is 29.8 Å². The van der Waals surface area contributed by atoms with Gasteiger partial charge in [-0.3, -0.25) is 4.68 Å². The number of aryl methyl sites for hydroxylation is 1. The van der Waals surface area contributed by atoms with E-state index >= 15 is 0 Å². The zero-order valence-corrected chi connectivity index (χ0v) is 13.3. The fourth-order valence-electron chi connectivity index (χ4n) is 2.01. The van der Waals surface area contributed by atoms with E-state index in [-0.39, 0.29) is 12.6 Å². The van der Waals surface area contributed by atoms with Crippen molar-refractivity contribution < 1.29 is 14.6 Å². The Labute approximate surface area is 135 Å². The minimum absolute atomic E-state index is 0.132. The lowest BCUT2D eigenvalue weighted by molar-refractivity contribution is 0.175. The summed E-state index contributed by atoms with van der Waals surface area (Å²) in [6.07, 6.45) is 2.53. The van der Waals surface area contributed by atoms with Gasteiger partial charge in [0, 0.05) is 19.9 Å². The molecule has 2 amide bonds. The number of amides is 2. The largest absolute Gasteiger partial charge is 0.387 e. The highest BCUT2D eigenvalue weighted by atomic mass is 16.5. The van der Waals surface area contributed by atoms with E-state index in [9.17, 15) is 9.90 Å². The van der Waals surface area contributed by atoms with Crippen molar-refractivity contribution in [3.63, 3.8) is 0 Å². The number of nitrogens with zero attached hydrogens (tertiary/aromatic N) is 2. The maximum absolute atomic E-state index is 11.8. The number of aliphatic hydroxyl groups is 1. The normalized spacial score (nSPS) is 12.0. The van der Waals surface area contributed by atoms with Crippen LogP contribution in [0, 0.1) is 6.92 Å². The van der Waals surface area contributed by atoms with Crippen LogP contribution in [-0.2, 0) is 11.3 Å². The van der Waals surface area contributed by atoms with Crippen LogP contribution in [0.15, 0.2) is 36.7 Å². The molecule has 1 aromatic heterocycles. The summed E-state index contributed by atoms with van der Waals surface area (Å²) in [4.78, 5) is 11.8. The minimum atomic E-state index is -0.745. The topological polar surface area (TPSA) is 88.4 Å². The Hall–Kier alpha value is -2.38. The molecule has 124 valence electrons. The van der Waals surface area contributed by atoms with E-state index in [4.69, 9.17) is 4.74 Å². The van der Waals surface area contributed by atoms with Crippen LogP contribution in [0.4, 0.5) is 10.5 Å². The van der Waals surface area contributed by atoms with Crippen LogP contribution in [0.3, 0.4) is 0 Å². The van der Waals surface area contributed by atoms with Crippen molar-refractivity contribution in [2.24, 2.45) is 0 Å². The second-order valence-electron chi connectivity index (χ2n) is 5.25. The van der Waals surface area contributed by atoms with Gasteiger partial charge in [-0.15, -0.1) is 0 Å². The molecule has 0 spiro atoms. The number of benzene rings is 1. The van der Waals surface area contributed by atoms with Gasteiger partial charge >= 0.3 is 6.03 Å². The smallest absolute Gasteiger partial charge is 0.319 e. The maximum atomic E-state index is 11.8. The van der Waals surface area contributed by atoms with Crippen molar-refractivity contribution in [2.45, 2.75) is 19.6 Å². The average molecular weight is 318 g/mol. The highest BCUT2D eigenvalue weighted by Crippen LogP contribution is 2.12. The van der Waals surface area contributed by atoms with Crippen molar-refractivity contribution in [3.8, 4) is 0 Å². The molecule has 1 atom stereocenters. The zero-order valence-electron chi connectivity index (χ0n) is 13.3. The highest BCUT2D eigenvalue weighted by molar-refractivity contribution is 5.88. The quantitative estimate of drug-likeness (QED) is 0.725. The summed E-state index contributed by atoms with van der Waals surface area (Å²) in [5, 5.41) is 19.5. The zero-order chi connectivity index (χ0) is 16.7. The van der Waals surface area contributed by atoms with Crippen LogP contribution in [0.2, 0.25) is 0 Å². The Morgan fingerprint density at radius 2 is 2.13 bits per heavy atom. The van der Waals surface area contributed by atoms with E-state index < -0.39 is 6.10 Å². The number of anilines is 1. The molecule has 1 unspecified atom stereocenters. The predicted octanol–water partition coefficient (Wildman–Crippen LogP) is 1.69. The number of aromatic nitrogens is 2. The first-order valence-electron chi connectivity index (χ1n) is 7.39. The lowest BCUT2D eigenvalue weighted by Crippen LogP contribution is -2.32. The number of hydrogen-bond donors (Lipinski definition) is 3. The van der Waals surface area contributed by atoms with E-state index in [1.165, 1.54) is 0 Å². The molecule has 23 heavy (non-hydrogen) atoms. The Kier molecular flexibility index (Phi) is 6.13. The molecule has 0 saturated carbocycles. The van der Waals surface area contributed by atoms with Gasteiger partial charge < -0.3 is 20.5 Å². The van der Waals surface area contributed by atoms with Gasteiger partial charge in [-0.2, -0.15) is 5.10 Å². The molecular weight excluding hydrogens is 296 g/mol. The number of aliphatic hydroxyl groups excluding tert-OH is 1. The molecule has 7 nitrogen and oxygen atoms in total. The van der Waals surface area contributed by atoms with Gasteiger partial charge in [0.1, 0.15) is 0 Å². The Balaban J connectivity index is 1.78. The van der Waals surface area contributed by atoms with Crippen molar-refractivity contribution in [3.05, 3.63) is 47.8 Å². The van der Waals surface area contributed by atoms with Crippen LogP contribution in [0.25, 0.3) is 0 Å². The molecule has 0 bridgehead atoms. The number of carbonyl (C=O) groups is 1. The molecule has 1 aromatic carbocycles. The SMILES string of the molecule is COCCn1cc(NC(=O)NCC(O)c2ccc(C)cc2)cn1. The molecule has 0 radical (unpaired) electrons. The van der Waals surface area contributed by atoms with Gasteiger partial charge in [0.15, 0.2) is 0 Å². The van der Waals surface area contributed by atoms with Gasteiger partial charge in [-0.25, -0.2) is 4.79 Å². The minimum Gasteiger partial charge on any atom is -0.387 e. The van der Waals surface area contributed by atoms with Gasteiger partial charge in [0.05, 0.1) is 31.1 Å². The van der Waals surface area contributed by atoms with Crippen LogP contribution in [0.5, 0.6) is 0 Å². The molecule has 7 heteroatoms. The van der Waals surface area contributed by atoms with Gasteiger partial charge in [-0.05, 0) is 12.5 Å². The number of hydrogen-bond acceptors (Lipinski definition) is 4. The first kappa shape index (κ1) is 17.0. The number of rotatable bonds is 7. The number of ether oxygens (including phenoxy) is 1. The lowest BCUT2D eigenvalue weighted by atomic mass is 10.1. The summed E-state index contributed by atoms with van der Waals surface area (Å²) in [5.41, 5.74) is 2.48. The maximum Gasteiger partial charge on any atom is 0.319 e. The second-order valence-corrected chi connectivity index (χ2v) is 5.25. The molecule has 2 aromatic rings. The summed E-state index contributed by atoms with van der Waals surface area (Å²) in [6.45, 7) is 3.28. The van der Waals surface area contributed by atoms with Crippen molar-refractivity contribution in [1.29, 1.82) is 0 Å². The molecule has 0 fully saturated rings. The van der Waals surface area contributed by atoms with E-state index in [0.717, 1.165) is 11.1 Å². The summed E-state index contributed by atoms with van der Waals surface area (Å²) in [7, 11) is 1.62. The van der Waals surface area contributed by atoms with Crippen LogP contribution >= 0.6 is 0 Å². The molecule has 1 heterocycles. The molecule has 0 aliphatic carbocycles. The van der Waals surface area contributed by atoms with Crippen LogP contribution < -0.4 is 10.6 Å². The standard InChI is InChI=1S/C16H22N4O3/c1-12-3-5-13(6-4-12)15(21)10-17-16(22)19-14-9-18-20(11-14)7-8-23-2/h3-6,9,11,15,21H,7-8,10H2,1-2H3,(H2,17,19,22). The summed E-state index contributed by atoms with van der Waals surface area (Å²) in [6, 6.07) is 7.15. The number of nitrogens with one attached hydrogen (secondary N) is 2. The van der Waals surface area contributed by atoms with Crippen molar-refractivity contribution in [1.82, 2.24) is 15.1 Å². The second kappa shape index (κ2) is 8.30. The summed E-state index contributed by atoms with van der Waals surface area (Å²) in [5.74, 6) is 0. The van der Waals surface area contributed by atoms with Crippen LogP contribution in [-0.4, -0.2) is 41.2 Å². The third kappa shape index (κ3) is 5.39. The van der Waals surface area contributed by atoms with Crippen molar-refractivity contribution >= 4 is 11.7 Å². The Morgan fingerprint density at radius 1 is 1.39 bits per heavy atom. The lowest BCUT2D eigenvalue weighted by Gasteiger charge is -2.12. The fraction of sp³-hybridized carbons (Fsp3) is 0.375. The van der Waals surface area contributed by atoms with Crippen molar-refractivity contribution in [2.75, 3.05) is 25.6 Å². The number of urea groups is 1. The van der Waals surface area contributed by atoms with Gasteiger partial charge in [0.2, 0.25) is 0 Å². The Morgan fingerprint density at radius 3 is 2.83 bits per heavy atom. The fourth-order valence-corrected chi connectivity index (χ4v) is 2.01. The van der Waals surface area contributed by atoms with E-state index in [2.05, 4.69) is 15.7 Å². The molecular formula is C16H22N4O3. The number of methoxy groups -OCH3 is 1. The predicted molar refractivity (Wildman–Crippen MR) is 87.3 cm³/mol. The highest BCUT2D eigenvalue weighted by Gasteiger charge is 2.10. The average Bonchev–Trinajstić information content (AvgIpc) is 2.98. The van der Waals surface area contributed by atoms with E-state index in [0.29, 0.717) is 18.8 Å². The summed E-state index contributed by atoms with van der Waals surface area (Å²) < 4.78 is 6.64. The molecule has 2 rings (SSSR count). The number of carbonyl (C=O) groups excluding carboxylic acids is 1. The first-order valence-corrected chi connectivity index (χ1v) is 7.39. The van der Waals surface area contributed by atoms with E-state index in [1.807, 2.05) is 31.2 Å². The monoisotopic (exact) mass is 318 g/mol. The third-order valence-corrected chi connectivity index (χ3v) is 3.33. The Bertz CT molecular complexity index is 625. The van der Waals surface area contributed by atoms with Crippen LogP contribution in [0.1, 0.15) is 17.2 Å².